The second-order valence-corrected chi connectivity index (χ2v) is 10.6. The van der Waals surface area contributed by atoms with Crippen LogP contribution in [-0.4, -0.2) is 14.5 Å². The van der Waals surface area contributed by atoms with E-state index in [0.717, 1.165) is 44.9 Å². The Hall–Kier alpha value is -4.80. The molecule has 8 rings (SSSR count). The molecule has 0 atom stereocenters. The molecule has 0 radical (unpaired) electrons. The average molecular weight is 504 g/mol. The summed E-state index contributed by atoms with van der Waals surface area (Å²) in [4.78, 5) is 10.4. The Morgan fingerprint density at radius 1 is 0.500 bits per heavy atom. The van der Waals surface area contributed by atoms with E-state index in [4.69, 9.17) is 9.97 Å². The summed E-state index contributed by atoms with van der Waals surface area (Å²) in [6.07, 6.45) is 0. The molecule has 38 heavy (non-hydrogen) atoms. The first-order chi connectivity index (χ1) is 18.8. The summed E-state index contributed by atoms with van der Waals surface area (Å²) in [5.41, 5.74) is 8.27. The zero-order valence-electron chi connectivity index (χ0n) is 20.4. The van der Waals surface area contributed by atoms with E-state index in [2.05, 4.69) is 120 Å². The smallest absolute Gasteiger partial charge is 0.146 e. The minimum absolute atomic E-state index is 0.940. The van der Waals surface area contributed by atoms with E-state index in [1.807, 2.05) is 23.5 Å². The van der Waals surface area contributed by atoms with Crippen LogP contribution in [0, 0.1) is 0 Å². The van der Waals surface area contributed by atoms with Gasteiger partial charge in [0.1, 0.15) is 5.65 Å². The highest BCUT2D eigenvalue weighted by molar-refractivity contribution is 7.25. The van der Waals surface area contributed by atoms with Crippen molar-refractivity contribution in [1.29, 1.82) is 0 Å². The number of para-hydroxylation sites is 1. The molecule has 0 spiro atoms. The predicted octanol–water partition coefficient (Wildman–Crippen LogP) is 9.28. The molecule has 0 aliphatic heterocycles. The number of rotatable bonds is 3. The third-order valence-electron chi connectivity index (χ3n) is 7.18. The maximum atomic E-state index is 5.34. The maximum absolute atomic E-state index is 5.34. The van der Waals surface area contributed by atoms with Gasteiger partial charge in [0.25, 0.3) is 0 Å². The molecule has 0 fully saturated rings. The standard InChI is InChI=1S/C34H21N3S/c1-3-11-22(12-4-1)28-19-24(20-29(35-28)23-13-5-2-6-14-23)37-30-17-9-7-15-25(30)27-21-32-33(36-34(27)37)26-16-8-10-18-31(26)38-32/h1-21H. The number of thiophene rings is 1. The quantitative estimate of drug-likeness (QED) is 0.240. The third kappa shape index (κ3) is 3.28. The average Bonchev–Trinajstić information content (AvgIpc) is 3.51. The van der Waals surface area contributed by atoms with Gasteiger partial charge in [-0.3, -0.25) is 4.57 Å². The summed E-state index contributed by atoms with van der Waals surface area (Å²) in [6, 6.07) is 44.6. The van der Waals surface area contributed by atoms with Gasteiger partial charge in [0.2, 0.25) is 0 Å². The topological polar surface area (TPSA) is 30.7 Å². The molecule has 4 heteroatoms. The van der Waals surface area contributed by atoms with Gasteiger partial charge in [-0.05, 0) is 30.3 Å². The fourth-order valence-corrected chi connectivity index (χ4v) is 6.51. The zero-order chi connectivity index (χ0) is 25.1. The van der Waals surface area contributed by atoms with Crippen molar-refractivity contribution in [2.75, 3.05) is 0 Å². The fraction of sp³-hybridized carbons (Fsp3) is 0. The third-order valence-corrected chi connectivity index (χ3v) is 8.29. The SMILES string of the molecule is c1ccc(-c2cc(-n3c4ccccc4c4cc5sc6ccccc6c5nc43)cc(-c3ccccc3)n2)cc1. The van der Waals surface area contributed by atoms with Gasteiger partial charge < -0.3 is 0 Å². The first-order valence-corrected chi connectivity index (χ1v) is 13.5. The van der Waals surface area contributed by atoms with E-state index in [-0.39, 0.29) is 0 Å². The predicted molar refractivity (Wildman–Crippen MR) is 160 cm³/mol. The molecule has 4 aromatic heterocycles. The van der Waals surface area contributed by atoms with Crippen LogP contribution in [0.25, 0.3) is 70.4 Å². The van der Waals surface area contributed by atoms with E-state index < -0.39 is 0 Å². The van der Waals surface area contributed by atoms with Crippen LogP contribution < -0.4 is 0 Å². The molecule has 0 bridgehead atoms. The van der Waals surface area contributed by atoms with Crippen molar-refractivity contribution in [3.8, 4) is 28.2 Å². The van der Waals surface area contributed by atoms with Crippen molar-refractivity contribution < 1.29 is 0 Å². The number of nitrogens with zero attached hydrogens (tertiary/aromatic N) is 3. The van der Waals surface area contributed by atoms with Crippen LogP contribution >= 0.6 is 11.3 Å². The number of pyridine rings is 2. The fourth-order valence-electron chi connectivity index (χ4n) is 5.43. The molecule has 0 aliphatic rings. The van der Waals surface area contributed by atoms with Gasteiger partial charge >= 0.3 is 0 Å². The molecule has 178 valence electrons. The molecule has 4 heterocycles. The summed E-state index contributed by atoms with van der Waals surface area (Å²) in [6.45, 7) is 0. The van der Waals surface area contributed by atoms with Crippen molar-refractivity contribution in [1.82, 2.24) is 14.5 Å². The summed E-state index contributed by atoms with van der Waals surface area (Å²) in [5.74, 6) is 0. The number of hydrogen-bond donors (Lipinski definition) is 0. The van der Waals surface area contributed by atoms with Crippen molar-refractivity contribution in [2.45, 2.75) is 0 Å². The minimum Gasteiger partial charge on any atom is -0.294 e. The van der Waals surface area contributed by atoms with E-state index in [0.29, 0.717) is 0 Å². The molecule has 8 aromatic rings. The lowest BCUT2D eigenvalue weighted by atomic mass is 10.1. The van der Waals surface area contributed by atoms with Crippen LogP contribution in [0.2, 0.25) is 0 Å². The molecule has 0 aliphatic carbocycles. The second-order valence-electron chi connectivity index (χ2n) is 9.48. The van der Waals surface area contributed by atoms with Crippen molar-refractivity contribution in [2.24, 2.45) is 0 Å². The first-order valence-electron chi connectivity index (χ1n) is 12.7. The van der Waals surface area contributed by atoms with E-state index in [9.17, 15) is 0 Å². The highest BCUT2D eigenvalue weighted by Gasteiger charge is 2.18. The number of hydrogen-bond acceptors (Lipinski definition) is 3. The highest BCUT2D eigenvalue weighted by Crippen LogP contribution is 2.39. The number of benzene rings is 4. The minimum atomic E-state index is 0.940. The number of aromatic nitrogens is 3. The molecular weight excluding hydrogens is 482 g/mol. The largest absolute Gasteiger partial charge is 0.294 e. The highest BCUT2D eigenvalue weighted by atomic mass is 32.1. The van der Waals surface area contributed by atoms with E-state index >= 15 is 0 Å². The van der Waals surface area contributed by atoms with Gasteiger partial charge in [-0.15, -0.1) is 11.3 Å². The summed E-state index contributed by atoms with van der Waals surface area (Å²) in [7, 11) is 0. The maximum Gasteiger partial charge on any atom is 0.146 e. The summed E-state index contributed by atoms with van der Waals surface area (Å²) >= 11 is 1.81. The van der Waals surface area contributed by atoms with E-state index in [1.54, 1.807) is 0 Å². The molecule has 0 unspecified atom stereocenters. The lowest BCUT2D eigenvalue weighted by molar-refractivity contribution is 1.13. The summed E-state index contributed by atoms with van der Waals surface area (Å²) < 4.78 is 4.78. The van der Waals surface area contributed by atoms with Gasteiger partial charge in [-0.1, -0.05) is 97.1 Å². The van der Waals surface area contributed by atoms with Crippen LogP contribution in [-0.2, 0) is 0 Å². The Morgan fingerprint density at radius 2 is 1.11 bits per heavy atom. The van der Waals surface area contributed by atoms with Gasteiger partial charge in [0.05, 0.1) is 32.8 Å². The first kappa shape index (κ1) is 21.3. The Labute approximate surface area is 223 Å². The van der Waals surface area contributed by atoms with Crippen LogP contribution in [0.1, 0.15) is 0 Å². The Kier molecular flexibility index (Phi) is 4.69. The van der Waals surface area contributed by atoms with Gasteiger partial charge in [-0.25, -0.2) is 9.97 Å². The molecule has 3 nitrogen and oxygen atoms in total. The monoisotopic (exact) mass is 503 g/mol. The lowest BCUT2D eigenvalue weighted by Crippen LogP contribution is -1.99. The Morgan fingerprint density at radius 3 is 1.82 bits per heavy atom. The van der Waals surface area contributed by atoms with Crippen molar-refractivity contribution >= 4 is 53.6 Å². The van der Waals surface area contributed by atoms with Crippen molar-refractivity contribution in [3.63, 3.8) is 0 Å². The lowest BCUT2D eigenvalue weighted by Gasteiger charge is -2.13. The van der Waals surface area contributed by atoms with Crippen molar-refractivity contribution in [3.05, 3.63) is 127 Å². The van der Waals surface area contributed by atoms with Gasteiger partial charge in [0, 0.05) is 32.0 Å². The van der Waals surface area contributed by atoms with Crippen LogP contribution in [0.15, 0.2) is 127 Å². The molecule has 0 amide bonds. The number of fused-ring (bicyclic) bond motifs is 6. The van der Waals surface area contributed by atoms with Gasteiger partial charge in [-0.2, -0.15) is 0 Å². The zero-order valence-corrected chi connectivity index (χ0v) is 21.2. The van der Waals surface area contributed by atoms with Gasteiger partial charge in [0.15, 0.2) is 0 Å². The summed E-state index contributed by atoms with van der Waals surface area (Å²) in [5, 5.41) is 3.57. The van der Waals surface area contributed by atoms with Crippen LogP contribution in [0.4, 0.5) is 0 Å². The molecular formula is C34H21N3S. The molecule has 0 saturated heterocycles. The normalized spacial score (nSPS) is 11.7. The molecule has 0 N–H and O–H groups in total. The second kappa shape index (κ2) is 8.37. The Balaban J connectivity index is 1.49. The molecule has 4 aromatic carbocycles. The molecule has 0 saturated carbocycles. The van der Waals surface area contributed by atoms with Crippen LogP contribution in [0.5, 0.6) is 0 Å². The van der Waals surface area contributed by atoms with E-state index in [1.165, 1.54) is 25.6 Å². The van der Waals surface area contributed by atoms with Crippen LogP contribution in [0.3, 0.4) is 0 Å². The Bertz CT molecular complexity index is 2070.